The molecule has 0 saturated carbocycles. The van der Waals surface area contributed by atoms with E-state index in [1.807, 2.05) is 6.07 Å². The van der Waals surface area contributed by atoms with Crippen molar-refractivity contribution in [1.82, 2.24) is 0 Å². The number of nitrogens with zero attached hydrogens (tertiary/aromatic N) is 1. The zero-order valence-electron chi connectivity index (χ0n) is 7.84. The lowest BCUT2D eigenvalue weighted by atomic mass is 10.2. The number of hydrogen-bond donors (Lipinski definition) is 2. The molecule has 0 aliphatic carbocycles. The first-order chi connectivity index (χ1) is 6.45. The van der Waals surface area contributed by atoms with Gasteiger partial charge in [-0.15, -0.1) is 0 Å². The van der Waals surface area contributed by atoms with Gasteiger partial charge in [0.2, 0.25) is 0 Å². The Hall–Kier alpha value is -1.11. The van der Waals surface area contributed by atoms with Crippen molar-refractivity contribution < 1.29 is 8.42 Å². The largest absolute Gasteiger partial charge is 0.326 e. The number of rotatable bonds is 3. The summed E-state index contributed by atoms with van der Waals surface area (Å²) < 4.78 is 23.0. The van der Waals surface area contributed by atoms with E-state index in [9.17, 15) is 8.42 Å². The highest BCUT2D eigenvalue weighted by Crippen LogP contribution is 2.15. The third-order valence-electron chi connectivity index (χ3n) is 1.89. The monoisotopic (exact) mass is 215 g/mol. The van der Waals surface area contributed by atoms with Crippen molar-refractivity contribution in [1.29, 1.82) is 0 Å². The number of hydrogen-bond acceptors (Lipinski definition) is 3. The Kier molecular flexibility index (Phi) is 3.10. The van der Waals surface area contributed by atoms with E-state index in [0.29, 0.717) is 12.2 Å². The Labute approximate surface area is 83.5 Å². The summed E-state index contributed by atoms with van der Waals surface area (Å²) in [7, 11) is -2.29. The van der Waals surface area contributed by atoms with Crippen LogP contribution >= 0.6 is 0 Å². The second-order valence-corrected chi connectivity index (χ2v) is 4.46. The Morgan fingerprint density at radius 3 is 2.57 bits per heavy atom. The molecule has 6 heteroatoms. The van der Waals surface area contributed by atoms with Crippen LogP contribution in [0.3, 0.4) is 0 Å². The predicted molar refractivity (Wildman–Crippen MR) is 55.8 cm³/mol. The number of anilines is 1. The van der Waals surface area contributed by atoms with E-state index in [2.05, 4.69) is 0 Å². The van der Waals surface area contributed by atoms with Crippen molar-refractivity contribution in [3.8, 4) is 0 Å². The zero-order valence-corrected chi connectivity index (χ0v) is 8.66. The first kappa shape index (κ1) is 11.0. The van der Waals surface area contributed by atoms with Crippen LogP contribution in [0.25, 0.3) is 0 Å². The van der Waals surface area contributed by atoms with Gasteiger partial charge >= 0.3 is 0 Å². The first-order valence-corrected chi connectivity index (χ1v) is 5.51. The fraction of sp³-hybridized carbons (Fsp3) is 0.250. The molecule has 5 nitrogen and oxygen atoms in total. The Bertz CT molecular complexity index is 416. The normalized spacial score (nSPS) is 11.4. The van der Waals surface area contributed by atoms with Gasteiger partial charge in [-0.1, -0.05) is 12.1 Å². The molecule has 14 heavy (non-hydrogen) atoms. The molecule has 0 heterocycles. The van der Waals surface area contributed by atoms with Crippen LogP contribution in [-0.2, 0) is 16.8 Å². The predicted octanol–water partition coefficient (Wildman–Crippen LogP) is -0.215. The molecule has 0 spiro atoms. The summed E-state index contributed by atoms with van der Waals surface area (Å²) in [5.41, 5.74) is 6.80. The second-order valence-electron chi connectivity index (χ2n) is 2.89. The van der Waals surface area contributed by atoms with Crippen molar-refractivity contribution in [3.63, 3.8) is 0 Å². The van der Waals surface area contributed by atoms with E-state index < -0.39 is 10.2 Å². The van der Waals surface area contributed by atoms with Gasteiger partial charge < -0.3 is 5.73 Å². The summed E-state index contributed by atoms with van der Waals surface area (Å²) in [5, 5.41) is 4.97. The maximum Gasteiger partial charge on any atom is 0.298 e. The molecule has 0 aliphatic rings. The fourth-order valence-corrected chi connectivity index (χ4v) is 1.43. The molecule has 0 atom stereocenters. The topological polar surface area (TPSA) is 89.4 Å². The fourth-order valence-electron chi connectivity index (χ4n) is 1.03. The molecule has 1 aromatic carbocycles. The summed E-state index contributed by atoms with van der Waals surface area (Å²) in [5.74, 6) is 0. The first-order valence-electron chi connectivity index (χ1n) is 4.01. The van der Waals surface area contributed by atoms with Crippen LogP contribution in [0.4, 0.5) is 5.69 Å². The van der Waals surface area contributed by atoms with Crippen molar-refractivity contribution >= 4 is 15.9 Å². The highest BCUT2D eigenvalue weighted by molar-refractivity contribution is 7.90. The van der Waals surface area contributed by atoms with Gasteiger partial charge in [-0.05, 0) is 17.7 Å². The van der Waals surface area contributed by atoms with E-state index >= 15 is 0 Å². The van der Waals surface area contributed by atoms with Crippen molar-refractivity contribution in [2.75, 3.05) is 11.4 Å². The zero-order chi connectivity index (χ0) is 10.8. The molecule has 1 rings (SSSR count). The van der Waals surface area contributed by atoms with Gasteiger partial charge in [-0.25, -0.2) is 5.14 Å². The minimum atomic E-state index is -3.69. The van der Waals surface area contributed by atoms with Crippen LogP contribution in [-0.4, -0.2) is 15.5 Å². The van der Waals surface area contributed by atoms with Gasteiger partial charge in [0.15, 0.2) is 0 Å². The van der Waals surface area contributed by atoms with E-state index in [1.54, 1.807) is 18.2 Å². The van der Waals surface area contributed by atoms with Gasteiger partial charge in [0.05, 0.1) is 5.69 Å². The van der Waals surface area contributed by atoms with Crippen LogP contribution in [0.2, 0.25) is 0 Å². The highest BCUT2D eigenvalue weighted by atomic mass is 32.2. The molecule has 0 amide bonds. The molecular weight excluding hydrogens is 202 g/mol. The molecule has 0 bridgehead atoms. The summed E-state index contributed by atoms with van der Waals surface area (Å²) in [4.78, 5) is 0. The third kappa shape index (κ3) is 2.44. The molecule has 0 radical (unpaired) electrons. The molecule has 1 aromatic rings. The molecule has 78 valence electrons. The van der Waals surface area contributed by atoms with Crippen LogP contribution in [0, 0.1) is 0 Å². The molecular formula is C8H13N3O2S. The second kappa shape index (κ2) is 3.95. The average Bonchev–Trinajstić information content (AvgIpc) is 2.15. The smallest absolute Gasteiger partial charge is 0.298 e. The van der Waals surface area contributed by atoms with Gasteiger partial charge in [0.25, 0.3) is 10.2 Å². The molecule has 4 N–H and O–H groups in total. The number of nitrogens with two attached hydrogens (primary N) is 2. The number of benzene rings is 1. The lowest BCUT2D eigenvalue weighted by Gasteiger charge is -2.16. The van der Waals surface area contributed by atoms with Crippen molar-refractivity contribution in [3.05, 3.63) is 29.8 Å². The Morgan fingerprint density at radius 1 is 1.43 bits per heavy atom. The standard InChI is InChI=1S/C8H13N3O2S/c1-11(14(10,12)13)8-4-2-3-7(5-8)6-9/h2-5H,6,9H2,1H3,(H2,10,12,13). The van der Waals surface area contributed by atoms with Crippen molar-refractivity contribution in [2.45, 2.75) is 6.54 Å². The highest BCUT2D eigenvalue weighted by Gasteiger charge is 2.11. The summed E-state index contributed by atoms with van der Waals surface area (Å²) in [6, 6.07) is 6.90. The van der Waals surface area contributed by atoms with Crippen molar-refractivity contribution in [2.24, 2.45) is 10.9 Å². The Balaban J connectivity index is 3.08. The van der Waals surface area contributed by atoms with E-state index in [4.69, 9.17) is 10.9 Å². The van der Waals surface area contributed by atoms with Crippen LogP contribution < -0.4 is 15.2 Å². The lowest BCUT2D eigenvalue weighted by Crippen LogP contribution is -2.33. The van der Waals surface area contributed by atoms with Gasteiger partial charge in [-0.2, -0.15) is 8.42 Å². The molecule has 0 aromatic heterocycles. The summed E-state index contributed by atoms with van der Waals surface area (Å²) >= 11 is 0. The van der Waals surface area contributed by atoms with Crippen LogP contribution in [0.5, 0.6) is 0 Å². The third-order valence-corrected chi connectivity index (χ3v) is 2.87. The SMILES string of the molecule is CN(c1cccc(CN)c1)S(N)(=O)=O. The summed E-state index contributed by atoms with van der Waals surface area (Å²) in [6.45, 7) is 0.367. The van der Waals surface area contributed by atoms with E-state index in [0.717, 1.165) is 9.87 Å². The molecule has 0 aliphatic heterocycles. The molecule has 0 saturated heterocycles. The maximum absolute atomic E-state index is 11.0. The quantitative estimate of drug-likeness (QED) is 0.730. The Morgan fingerprint density at radius 2 is 2.07 bits per heavy atom. The van der Waals surface area contributed by atoms with E-state index in [1.165, 1.54) is 7.05 Å². The average molecular weight is 215 g/mol. The van der Waals surface area contributed by atoms with Crippen LogP contribution in [0.1, 0.15) is 5.56 Å². The van der Waals surface area contributed by atoms with E-state index in [-0.39, 0.29) is 0 Å². The van der Waals surface area contributed by atoms with Gasteiger partial charge in [0.1, 0.15) is 0 Å². The maximum atomic E-state index is 11.0. The van der Waals surface area contributed by atoms with Gasteiger partial charge in [-0.3, -0.25) is 4.31 Å². The molecule has 0 unspecified atom stereocenters. The minimum Gasteiger partial charge on any atom is -0.326 e. The lowest BCUT2D eigenvalue weighted by molar-refractivity contribution is 0.596. The minimum absolute atomic E-state index is 0.367. The molecule has 0 fully saturated rings. The van der Waals surface area contributed by atoms with Crippen LogP contribution in [0.15, 0.2) is 24.3 Å². The van der Waals surface area contributed by atoms with Gasteiger partial charge in [0, 0.05) is 13.6 Å². The summed E-state index contributed by atoms with van der Waals surface area (Å²) in [6.07, 6.45) is 0.